The van der Waals surface area contributed by atoms with Gasteiger partial charge in [0.15, 0.2) is 0 Å². The summed E-state index contributed by atoms with van der Waals surface area (Å²) in [5.41, 5.74) is 0. The molecule has 0 heterocycles. The molecule has 4 nitrogen and oxygen atoms in total. The Labute approximate surface area is 62.3 Å². The summed E-state index contributed by atoms with van der Waals surface area (Å²) in [6.07, 6.45) is 0. The minimum absolute atomic E-state index is 0. The summed E-state index contributed by atoms with van der Waals surface area (Å²) in [7, 11) is -4.35. The van der Waals surface area contributed by atoms with E-state index in [2.05, 4.69) is 16.5 Å². The molecule has 0 aliphatic carbocycles. The summed E-state index contributed by atoms with van der Waals surface area (Å²) in [6, 6.07) is 0. The van der Waals surface area contributed by atoms with Gasteiger partial charge in [-0.25, -0.2) is 0 Å². The Morgan fingerprint density at radius 1 is 1.57 bits per heavy atom. The molecule has 0 rings (SSSR count). The summed E-state index contributed by atoms with van der Waals surface area (Å²) < 4.78 is 29.0. The van der Waals surface area contributed by atoms with Crippen molar-refractivity contribution in [1.29, 1.82) is 0 Å². The molecule has 1 N–H and O–H groups in total. The van der Waals surface area contributed by atoms with Crippen molar-refractivity contribution >= 4 is 23.3 Å². The van der Waals surface area contributed by atoms with Crippen LogP contribution in [0.5, 0.6) is 0 Å². The zero-order valence-corrected chi connectivity index (χ0v) is 6.59. The van der Waals surface area contributed by atoms with Gasteiger partial charge in [-0.2, -0.15) is 8.42 Å². The van der Waals surface area contributed by atoms with E-state index in [0.29, 0.717) is 0 Å². The second-order valence-corrected chi connectivity index (χ2v) is 1.90. The van der Waals surface area contributed by atoms with E-state index in [4.69, 9.17) is 4.55 Å². The van der Waals surface area contributed by atoms with Crippen LogP contribution < -0.4 is 0 Å². The Kier molecular flexibility index (Phi) is 6.05. The van der Waals surface area contributed by atoms with Gasteiger partial charge in [0, 0.05) is 0 Å². The molecule has 0 aromatic rings. The standard InChI is InChI=1S/Au.H2O4S2/c;1-6(2,3)4-5/h;5H,(H,1,2,3)/q+1;/p-1. The van der Waals surface area contributed by atoms with Crippen LogP contribution in [0, 0.1) is 0 Å². The summed E-state index contributed by atoms with van der Waals surface area (Å²) in [5, 5.41) is 0. The molecule has 0 aromatic carbocycles. The predicted molar refractivity (Wildman–Crippen MR) is 20.0 cm³/mol. The molecule has 0 spiro atoms. The van der Waals surface area contributed by atoms with Crippen LogP contribution in [0.1, 0.15) is 0 Å². The molecule has 0 aliphatic rings. The number of rotatable bonds is 1. The third-order valence-electron chi connectivity index (χ3n) is 0.0860. The fraction of sp³-hybridized carbons (Fsp3) is 0. The van der Waals surface area contributed by atoms with Crippen LogP contribution in [0.2, 0.25) is 0 Å². The predicted octanol–water partition coefficient (Wildman–Crippen LogP) is -0.735. The van der Waals surface area contributed by atoms with E-state index in [1.165, 1.54) is 0 Å². The van der Waals surface area contributed by atoms with Crippen molar-refractivity contribution in [3.63, 3.8) is 0 Å². The maximum Gasteiger partial charge on any atom is 1.00 e. The maximum absolute atomic E-state index is 9.23. The van der Waals surface area contributed by atoms with E-state index in [1.807, 2.05) is 0 Å². The summed E-state index contributed by atoms with van der Waals surface area (Å²) in [5.74, 6) is 0. The molecule has 0 atom stereocenters. The van der Waals surface area contributed by atoms with E-state index >= 15 is 0 Å². The first-order chi connectivity index (χ1) is 2.56. The van der Waals surface area contributed by atoms with Crippen molar-refractivity contribution < 1.29 is 39.0 Å². The van der Waals surface area contributed by atoms with Crippen molar-refractivity contribution in [2.45, 2.75) is 0 Å². The monoisotopic (exact) mass is 326 g/mol. The van der Waals surface area contributed by atoms with Crippen LogP contribution >= 0.6 is 0 Å². The molecule has 0 aromatic heterocycles. The van der Waals surface area contributed by atoms with Crippen molar-refractivity contribution in [1.82, 2.24) is 0 Å². The van der Waals surface area contributed by atoms with Gasteiger partial charge in [0.2, 0.25) is 0 Å². The second kappa shape index (κ2) is 3.90. The molecule has 7 heteroatoms. The van der Waals surface area contributed by atoms with Crippen LogP contribution in [-0.4, -0.2) is 13.0 Å². The van der Waals surface area contributed by atoms with E-state index in [9.17, 15) is 8.42 Å². The Morgan fingerprint density at radius 2 is 1.71 bits per heavy atom. The maximum atomic E-state index is 9.23. The van der Waals surface area contributed by atoms with Crippen LogP contribution in [0.15, 0.2) is 0 Å². The molecule has 0 fully saturated rings. The van der Waals surface area contributed by atoms with Crippen molar-refractivity contribution in [3.8, 4) is 0 Å². The fourth-order valence-corrected chi connectivity index (χ4v) is 0. The average molecular weight is 326 g/mol. The summed E-state index contributed by atoms with van der Waals surface area (Å²) in [6.45, 7) is 0. The van der Waals surface area contributed by atoms with Crippen LogP contribution in [-0.2, 0) is 49.3 Å². The topological polar surface area (TPSA) is 63.6 Å². The minimum Gasteiger partial charge on any atom is -0.600 e. The Morgan fingerprint density at radius 3 is 1.71 bits per heavy atom. The van der Waals surface area contributed by atoms with Crippen LogP contribution in [0.3, 0.4) is 0 Å². The number of hydrogen-bond donors (Lipinski definition) is 1. The molecule has 0 amide bonds. The SMILES string of the molecule is O=S(=O)(O)O[S-].[Au+]. The van der Waals surface area contributed by atoms with E-state index in [1.54, 1.807) is 0 Å². The summed E-state index contributed by atoms with van der Waals surface area (Å²) >= 11 is 3.45. The molecule has 7 heavy (non-hydrogen) atoms. The largest absolute Gasteiger partial charge is 1.00 e. The third kappa shape index (κ3) is 10.9. The molecule has 0 saturated heterocycles. The van der Waals surface area contributed by atoms with Gasteiger partial charge in [0.1, 0.15) is 0 Å². The summed E-state index contributed by atoms with van der Waals surface area (Å²) in [4.78, 5) is 0. The molecular formula is HAuO4S2. The van der Waals surface area contributed by atoms with Gasteiger partial charge in [0.25, 0.3) is 0 Å². The van der Waals surface area contributed by atoms with E-state index in [0.717, 1.165) is 0 Å². The van der Waals surface area contributed by atoms with E-state index < -0.39 is 10.4 Å². The average Bonchev–Trinajstić information content (AvgIpc) is 1.35. The number of hydrogen-bond acceptors (Lipinski definition) is 4. The molecule has 0 unspecified atom stereocenters. The van der Waals surface area contributed by atoms with Crippen LogP contribution in [0.4, 0.5) is 0 Å². The fourth-order valence-electron chi connectivity index (χ4n) is 0. The smallest absolute Gasteiger partial charge is 0.600 e. The van der Waals surface area contributed by atoms with Gasteiger partial charge in [-0.15, -0.1) is 0 Å². The van der Waals surface area contributed by atoms with Crippen molar-refractivity contribution in [3.05, 3.63) is 0 Å². The van der Waals surface area contributed by atoms with Crippen molar-refractivity contribution in [2.75, 3.05) is 0 Å². The first-order valence-corrected chi connectivity index (χ1v) is 2.55. The van der Waals surface area contributed by atoms with Gasteiger partial charge >= 0.3 is 32.8 Å². The van der Waals surface area contributed by atoms with E-state index in [-0.39, 0.29) is 22.4 Å². The zero-order valence-electron chi connectivity index (χ0n) is 2.79. The first kappa shape index (κ1) is 10.9. The van der Waals surface area contributed by atoms with Gasteiger partial charge in [-0.05, 0) is 0 Å². The Hall–Kier alpha value is 0.960. The van der Waals surface area contributed by atoms with Gasteiger partial charge < -0.3 is 16.5 Å². The first-order valence-electron chi connectivity index (χ1n) is 0.849. The molecule has 48 valence electrons. The van der Waals surface area contributed by atoms with Crippen LogP contribution in [0.25, 0.3) is 0 Å². The van der Waals surface area contributed by atoms with Gasteiger partial charge in [-0.3, -0.25) is 4.55 Å². The molecule has 0 bridgehead atoms. The normalized spacial score (nSPS) is 10.0. The van der Waals surface area contributed by atoms with Crippen molar-refractivity contribution in [2.24, 2.45) is 0 Å². The third-order valence-corrected chi connectivity index (χ3v) is 0.774. The van der Waals surface area contributed by atoms with Gasteiger partial charge in [-0.1, -0.05) is 0 Å². The molecular weight excluding hydrogens is 325 g/mol. The minimum atomic E-state index is -4.35. The molecule has 0 saturated carbocycles. The quantitative estimate of drug-likeness (QED) is 0.391. The van der Waals surface area contributed by atoms with Gasteiger partial charge in [0.05, 0.1) is 0 Å². The zero-order chi connectivity index (χ0) is 5.21. The second-order valence-electron chi connectivity index (χ2n) is 0.496. The Bertz CT molecular complexity index is 112. The molecule has 0 radical (unpaired) electrons. The Balaban J connectivity index is 0. The molecule has 0 aliphatic heterocycles.